The van der Waals surface area contributed by atoms with Gasteiger partial charge in [0.15, 0.2) is 0 Å². The molecule has 0 aromatic carbocycles. The van der Waals surface area contributed by atoms with Crippen molar-refractivity contribution in [3.63, 3.8) is 0 Å². The summed E-state index contributed by atoms with van der Waals surface area (Å²) in [7, 11) is 0. The first kappa shape index (κ1) is 12.7. The largest absolute Gasteiger partial charge is 0.392 e. The topological polar surface area (TPSA) is 34.5 Å². The zero-order valence-electron chi connectivity index (χ0n) is 8.01. The lowest BCUT2D eigenvalue weighted by Crippen LogP contribution is -1.89. The molecule has 0 aliphatic rings. The van der Waals surface area contributed by atoms with Gasteiger partial charge >= 0.3 is 0 Å². The second-order valence-corrected chi connectivity index (χ2v) is 2.55. The highest BCUT2D eigenvalue weighted by molar-refractivity contribution is 5.85. The fourth-order valence-electron chi connectivity index (χ4n) is 0.819. The molecular formula is C10H13ClN2O. The fraction of sp³-hybridized carbons (Fsp3) is 0.200. The van der Waals surface area contributed by atoms with Crippen molar-refractivity contribution in [2.75, 3.05) is 6.61 Å². The number of aromatic nitrogens is 1. The van der Waals surface area contributed by atoms with E-state index >= 15 is 0 Å². The Balaban J connectivity index is 0.00000169. The molecule has 0 atom stereocenters. The highest BCUT2D eigenvalue weighted by Crippen LogP contribution is 2.00. The first-order valence-corrected chi connectivity index (χ1v) is 4.01. The average Bonchev–Trinajstić information content (AvgIpc) is 2.15. The standard InChI is InChI=1S/C10H12N2O.ClH/c1-3-6-13-12-8-10-4-5-11-7-9(10)2;/h3-5,7-8H,1,6H2,2H3;1H/b12-8-;. The number of halogens is 1. The van der Waals surface area contributed by atoms with E-state index < -0.39 is 0 Å². The summed E-state index contributed by atoms with van der Waals surface area (Å²) in [6.07, 6.45) is 6.83. The van der Waals surface area contributed by atoms with Gasteiger partial charge in [-0.2, -0.15) is 0 Å². The molecule has 1 rings (SSSR count). The first-order chi connectivity index (χ1) is 6.34. The third-order valence-electron chi connectivity index (χ3n) is 1.52. The van der Waals surface area contributed by atoms with Crippen molar-refractivity contribution in [2.45, 2.75) is 6.92 Å². The van der Waals surface area contributed by atoms with E-state index in [-0.39, 0.29) is 12.4 Å². The molecule has 0 saturated carbocycles. The van der Waals surface area contributed by atoms with Crippen LogP contribution in [-0.2, 0) is 4.84 Å². The normalized spacial score (nSPS) is 9.50. The molecular weight excluding hydrogens is 200 g/mol. The Labute approximate surface area is 89.9 Å². The van der Waals surface area contributed by atoms with Gasteiger partial charge in [0.1, 0.15) is 6.61 Å². The van der Waals surface area contributed by atoms with Crippen molar-refractivity contribution >= 4 is 18.6 Å². The lowest BCUT2D eigenvalue weighted by molar-refractivity contribution is 0.176. The monoisotopic (exact) mass is 212 g/mol. The van der Waals surface area contributed by atoms with Gasteiger partial charge in [-0.15, -0.1) is 12.4 Å². The molecule has 0 N–H and O–H groups in total. The summed E-state index contributed by atoms with van der Waals surface area (Å²) < 4.78 is 0. The number of hydrogen-bond donors (Lipinski definition) is 0. The minimum absolute atomic E-state index is 0. The molecule has 14 heavy (non-hydrogen) atoms. The van der Waals surface area contributed by atoms with Crippen LogP contribution in [0.15, 0.2) is 36.3 Å². The maximum absolute atomic E-state index is 4.87. The van der Waals surface area contributed by atoms with E-state index in [1.54, 1.807) is 24.7 Å². The van der Waals surface area contributed by atoms with Crippen molar-refractivity contribution in [3.05, 3.63) is 42.2 Å². The Morgan fingerprint density at radius 2 is 2.43 bits per heavy atom. The maximum atomic E-state index is 4.87. The van der Waals surface area contributed by atoms with E-state index in [0.717, 1.165) is 11.1 Å². The zero-order valence-corrected chi connectivity index (χ0v) is 8.83. The van der Waals surface area contributed by atoms with Gasteiger partial charge in [-0.3, -0.25) is 4.98 Å². The molecule has 1 heterocycles. The van der Waals surface area contributed by atoms with Gasteiger partial charge in [-0.25, -0.2) is 0 Å². The van der Waals surface area contributed by atoms with Crippen LogP contribution < -0.4 is 0 Å². The van der Waals surface area contributed by atoms with Gasteiger partial charge in [0.25, 0.3) is 0 Å². The second-order valence-electron chi connectivity index (χ2n) is 2.55. The van der Waals surface area contributed by atoms with Crippen molar-refractivity contribution in [1.82, 2.24) is 4.98 Å². The van der Waals surface area contributed by atoms with Gasteiger partial charge in [0, 0.05) is 18.0 Å². The first-order valence-electron chi connectivity index (χ1n) is 4.01. The quantitative estimate of drug-likeness (QED) is 0.332. The summed E-state index contributed by atoms with van der Waals surface area (Å²) in [6.45, 7) is 5.92. The van der Waals surface area contributed by atoms with Crippen LogP contribution in [0.1, 0.15) is 11.1 Å². The van der Waals surface area contributed by atoms with Gasteiger partial charge in [0.2, 0.25) is 0 Å². The number of pyridine rings is 1. The summed E-state index contributed by atoms with van der Waals surface area (Å²) in [6, 6.07) is 1.89. The number of nitrogens with zero attached hydrogens (tertiary/aromatic N) is 2. The Hall–Kier alpha value is -1.35. The fourth-order valence-corrected chi connectivity index (χ4v) is 0.819. The van der Waals surface area contributed by atoms with Crippen molar-refractivity contribution in [1.29, 1.82) is 0 Å². The molecule has 76 valence electrons. The van der Waals surface area contributed by atoms with E-state index in [4.69, 9.17) is 4.84 Å². The molecule has 0 aliphatic heterocycles. The van der Waals surface area contributed by atoms with Crippen molar-refractivity contribution < 1.29 is 4.84 Å². The molecule has 1 aromatic rings. The molecule has 0 radical (unpaired) electrons. The molecule has 0 unspecified atom stereocenters. The molecule has 0 saturated heterocycles. The molecule has 4 heteroatoms. The van der Waals surface area contributed by atoms with Gasteiger partial charge in [-0.1, -0.05) is 17.8 Å². The number of oxime groups is 1. The Kier molecular flexibility index (Phi) is 6.41. The molecule has 3 nitrogen and oxygen atoms in total. The maximum Gasteiger partial charge on any atom is 0.135 e. The smallest absolute Gasteiger partial charge is 0.135 e. The average molecular weight is 213 g/mol. The highest BCUT2D eigenvalue weighted by atomic mass is 35.5. The molecule has 0 fully saturated rings. The molecule has 0 aliphatic carbocycles. The SMILES string of the molecule is C=CCO/N=C\c1ccncc1C.Cl. The van der Waals surface area contributed by atoms with E-state index in [2.05, 4.69) is 16.7 Å². The number of aryl methyl sites for hydroxylation is 1. The molecule has 0 bridgehead atoms. The predicted octanol–water partition coefficient (Wildman–Crippen LogP) is 2.35. The summed E-state index contributed by atoms with van der Waals surface area (Å²) >= 11 is 0. The summed E-state index contributed by atoms with van der Waals surface area (Å²) in [4.78, 5) is 8.84. The van der Waals surface area contributed by atoms with Gasteiger partial charge in [0.05, 0.1) is 6.21 Å². The van der Waals surface area contributed by atoms with Crippen molar-refractivity contribution in [3.8, 4) is 0 Å². The third kappa shape index (κ3) is 4.05. The van der Waals surface area contributed by atoms with Crippen LogP contribution in [0.25, 0.3) is 0 Å². The van der Waals surface area contributed by atoms with Crippen LogP contribution >= 0.6 is 12.4 Å². The minimum atomic E-state index is 0. The Bertz CT molecular complexity index is 313. The lowest BCUT2D eigenvalue weighted by atomic mass is 10.2. The summed E-state index contributed by atoms with van der Waals surface area (Å²) in [5.74, 6) is 0. The molecule has 0 spiro atoms. The second kappa shape index (κ2) is 7.09. The van der Waals surface area contributed by atoms with Gasteiger partial charge < -0.3 is 4.84 Å². The lowest BCUT2D eigenvalue weighted by Gasteiger charge is -1.96. The molecule has 0 amide bonds. The van der Waals surface area contributed by atoms with Crippen molar-refractivity contribution in [2.24, 2.45) is 5.16 Å². The van der Waals surface area contributed by atoms with Crippen LogP contribution in [0.3, 0.4) is 0 Å². The van der Waals surface area contributed by atoms with E-state index in [1.807, 2.05) is 13.0 Å². The summed E-state index contributed by atoms with van der Waals surface area (Å²) in [5, 5.41) is 3.77. The summed E-state index contributed by atoms with van der Waals surface area (Å²) in [5.41, 5.74) is 2.09. The third-order valence-corrected chi connectivity index (χ3v) is 1.52. The van der Waals surface area contributed by atoms with Crippen LogP contribution in [0.2, 0.25) is 0 Å². The number of rotatable bonds is 4. The Morgan fingerprint density at radius 1 is 1.64 bits per heavy atom. The van der Waals surface area contributed by atoms with Crippen LogP contribution in [0.4, 0.5) is 0 Å². The van der Waals surface area contributed by atoms with E-state index in [0.29, 0.717) is 6.61 Å². The van der Waals surface area contributed by atoms with E-state index in [9.17, 15) is 0 Å². The Morgan fingerprint density at radius 3 is 3.07 bits per heavy atom. The van der Waals surface area contributed by atoms with E-state index in [1.165, 1.54) is 0 Å². The van der Waals surface area contributed by atoms with Crippen LogP contribution in [0.5, 0.6) is 0 Å². The molecule has 1 aromatic heterocycles. The van der Waals surface area contributed by atoms with Crippen LogP contribution in [-0.4, -0.2) is 17.8 Å². The number of hydrogen-bond acceptors (Lipinski definition) is 3. The zero-order chi connectivity index (χ0) is 9.52. The highest BCUT2D eigenvalue weighted by Gasteiger charge is 1.91. The predicted molar refractivity (Wildman–Crippen MR) is 60.0 cm³/mol. The van der Waals surface area contributed by atoms with Crippen LogP contribution in [0, 0.1) is 6.92 Å². The van der Waals surface area contributed by atoms with Gasteiger partial charge in [-0.05, 0) is 18.6 Å². The minimum Gasteiger partial charge on any atom is -0.392 e.